The molecule has 1 amide bonds. The fraction of sp³-hybridized carbons (Fsp3) is 0.300. The number of aromatic nitrogens is 4. The summed E-state index contributed by atoms with van der Waals surface area (Å²) in [5.74, 6) is 1.33. The molecule has 1 aromatic carbocycles. The minimum atomic E-state index is -0.0540. The van der Waals surface area contributed by atoms with E-state index in [9.17, 15) is 4.79 Å². The zero-order valence-electron chi connectivity index (χ0n) is 15.7. The fourth-order valence-corrected chi connectivity index (χ4v) is 3.62. The van der Waals surface area contributed by atoms with Gasteiger partial charge in [0.15, 0.2) is 11.0 Å². The van der Waals surface area contributed by atoms with Gasteiger partial charge in [-0.15, -0.1) is 10.2 Å². The topological polar surface area (TPSA) is 72.7 Å². The van der Waals surface area contributed by atoms with Gasteiger partial charge in [-0.05, 0) is 36.6 Å². The Kier molecular flexibility index (Phi) is 6.24. The van der Waals surface area contributed by atoms with Crippen molar-refractivity contribution in [3.63, 3.8) is 0 Å². The molecule has 0 saturated heterocycles. The highest BCUT2D eigenvalue weighted by Crippen LogP contribution is 2.25. The smallest absolute Gasteiger partial charge is 0.234 e. The van der Waals surface area contributed by atoms with E-state index in [-0.39, 0.29) is 11.7 Å². The summed E-state index contributed by atoms with van der Waals surface area (Å²) in [4.78, 5) is 16.6. The molecule has 0 aliphatic heterocycles. The van der Waals surface area contributed by atoms with Gasteiger partial charge in [0.25, 0.3) is 0 Å². The number of hydrogen-bond donors (Lipinski definition) is 1. The van der Waals surface area contributed by atoms with E-state index >= 15 is 0 Å². The highest BCUT2D eigenvalue weighted by atomic mass is 32.2. The summed E-state index contributed by atoms with van der Waals surface area (Å²) in [6.07, 6.45) is 3.49. The molecule has 0 aliphatic rings. The average Bonchev–Trinajstić information content (AvgIpc) is 3.10. The van der Waals surface area contributed by atoms with Crippen LogP contribution in [-0.4, -0.2) is 31.4 Å². The van der Waals surface area contributed by atoms with E-state index in [1.54, 1.807) is 12.4 Å². The number of pyridine rings is 1. The Morgan fingerprint density at radius 2 is 2.00 bits per heavy atom. The first-order chi connectivity index (χ1) is 13.1. The van der Waals surface area contributed by atoms with E-state index in [2.05, 4.69) is 34.3 Å². The molecule has 0 saturated carbocycles. The molecular weight excluding hydrogens is 358 g/mol. The summed E-state index contributed by atoms with van der Waals surface area (Å²) in [5, 5.41) is 12.3. The third-order valence-corrected chi connectivity index (χ3v) is 5.11. The van der Waals surface area contributed by atoms with Gasteiger partial charge in [0.05, 0.1) is 5.75 Å². The number of amides is 1. The van der Waals surface area contributed by atoms with Crippen molar-refractivity contribution in [1.82, 2.24) is 19.7 Å². The van der Waals surface area contributed by atoms with Crippen LogP contribution in [0.2, 0.25) is 0 Å². The Morgan fingerprint density at radius 1 is 1.19 bits per heavy atom. The van der Waals surface area contributed by atoms with Gasteiger partial charge in [-0.1, -0.05) is 43.8 Å². The second-order valence-corrected chi connectivity index (χ2v) is 7.31. The number of hydrogen-bond acceptors (Lipinski definition) is 5. The number of anilines is 1. The zero-order valence-corrected chi connectivity index (χ0v) is 16.5. The van der Waals surface area contributed by atoms with Gasteiger partial charge in [-0.2, -0.15) is 0 Å². The summed E-state index contributed by atoms with van der Waals surface area (Å²) >= 11 is 1.39. The van der Waals surface area contributed by atoms with Crippen LogP contribution in [0.3, 0.4) is 0 Å². The molecule has 0 atom stereocenters. The summed E-state index contributed by atoms with van der Waals surface area (Å²) in [7, 11) is 0. The number of rotatable bonds is 7. The van der Waals surface area contributed by atoms with Crippen LogP contribution in [0.25, 0.3) is 11.4 Å². The van der Waals surface area contributed by atoms with Crippen molar-refractivity contribution in [2.75, 3.05) is 11.1 Å². The van der Waals surface area contributed by atoms with Gasteiger partial charge in [0.2, 0.25) is 5.91 Å². The van der Waals surface area contributed by atoms with E-state index in [1.807, 2.05) is 47.9 Å². The lowest BCUT2D eigenvalue weighted by molar-refractivity contribution is -0.113. The molecule has 0 spiro atoms. The number of nitrogens with zero attached hydrogens (tertiary/aromatic N) is 4. The molecule has 0 bridgehead atoms. The predicted molar refractivity (Wildman–Crippen MR) is 109 cm³/mol. The highest BCUT2D eigenvalue weighted by Gasteiger charge is 2.15. The monoisotopic (exact) mass is 381 g/mol. The van der Waals surface area contributed by atoms with Gasteiger partial charge in [-0.25, -0.2) is 0 Å². The number of nitrogens with one attached hydrogen (secondary N) is 1. The van der Waals surface area contributed by atoms with E-state index in [0.29, 0.717) is 5.92 Å². The lowest BCUT2D eigenvalue weighted by Crippen LogP contribution is -2.16. The van der Waals surface area contributed by atoms with Crippen LogP contribution in [0.1, 0.15) is 32.3 Å². The molecule has 2 aromatic heterocycles. The second-order valence-electron chi connectivity index (χ2n) is 6.37. The normalized spacial score (nSPS) is 11.0. The maximum absolute atomic E-state index is 12.4. The minimum absolute atomic E-state index is 0.0540. The van der Waals surface area contributed by atoms with E-state index in [4.69, 9.17) is 0 Å². The highest BCUT2D eigenvalue weighted by molar-refractivity contribution is 7.99. The number of carbonyl (C=O) groups is 1. The van der Waals surface area contributed by atoms with Gasteiger partial charge < -0.3 is 9.88 Å². The van der Waals surface area contributed by atoms with Crippen molar-refractivity contribution in [3.8, 4) is 11.4 Å². The summed E-state index contributed by atoms with van der Waals surface area (Å²) in [6, 6.07) is 11.7. The van der Waals surface area contributed by atoms with Gasteiger partial charge in [0.1, 0.15) is 0 Å². The van der Waals surface area contributed by atoms with Crippen LogP contribution in [0.4, 0.5) is 5.69 Å². The van der Waals surface area contributed by atoms with E-state index < -0.39 is 0 Å². The summed E-state index contributed by atoms with van der Waals surface area (Å²) < 4.78 is 2.00. The predicted octanol–water partition coefficient (Wildman–Crippen LogP) is 4.21. The third kappa shape index (κ3) is 4.54. The third-order valence-electron chi connectivity index (χ3n) is 4.14. The van der Waals surface area contributed by atoms with Crippen molar-refractivity contribution in [1.29, 1.82) is 0 Å². The molecule has 0 radical (unpaired) electrons. The molecule has 0 fully saturated rings. The largest absolute Gasteiger partial charge is 0.325 e. The minimum Gasteiger partial charge on any atom is -0.325 e. The number of para-hydroxylation sites is 1. The molecule has 1 N–H and O–H groups in total. The summed E-state index contributed by atoms with van der Waals surface area (Å²) in [5.41, 5.74) is 2.91. The summed E-state index contributed by atoms with van der Waals surface area (Å²) in [6.45, 7) is 6.98. The molecule has 0 aliphatic carbocycles. The maximum atomic E-state index is 12.4. The van der Waals surface area contributed by atoms with Crippen molar-refractivity contribution in [3.05, 3.63) is 54.4 Å². The molecule has 3 rings (SSSR count). The van der Waals surface area contributed by atoms with Crippen LogP contribution in [0.5, 0.6) is 0 Å². The maximum Gasteiger partial charge on any atom is 0.234 e. The standard InChI is InChI=1S/C20H23N5OS/c1-4-25-19(15-8-7-11-21-12-15)23-24-20(25)27-13-18(26)22-17-10-6-5-9-16(17)14(2)3/h5-12,14H,4,13H2,1-3H3,(H,22,26). The van der Waals surface area contributed by atoms with Crippen molar-refractivity contribution in [2.24, 2.45) is 0 Å². The number of benzene rings is 1. The van der Waals surface area contributed by atoms with Crippen LogP contribution in [0, 0.1) is 0 Å². The van der Waals surface area contributed by atoms with Crippen molar-refractivity contribution in [2.45, 2.75) is 38.4 Å². The fourth-order valence-electron chi connectivity index (χ4n) is 2.82. The van der Waals surface area contributed by atoms with Crippen LogP contribution in [-0.2, 0) is 11.3 Å². The first-order valence-electron chi connectivity index (χ1n) is 8.95. The Morgan fingerprint density at radius 3 is 2.70 bits per heavy atom. The molecule has 3 aromatic rings. The van der Waals surface area contributed by atoms with Gasteiger partial charge >= 0.3 is 0 Å². The zero-order chi connectivity index (χ0) is 19.2. The first kappa shape index (κ1) is 19.1. The van der Waals surface area contributed by atoms with E-state index in [0.717, 1.165) is 34.3 Å². The SMILES string of the molecule is CCn1c(SCC(=O)Nc2ccccc2C(C)C)nnc1-c1cccnc1. The molecule has 6 nitrogen and oxygen atoms in total. The molecule has 140 valence electrons. The molecule has 0 unspecified atom stereocenters. The average molecular weight is 382 g/mol. The van der Waals surface area contributed by atoms with Crippen molar-refractivity contribution < 1.29 is 4.79 Å². The Bertz CT molecular complexity index is 908. The Labute approximate surface area is 163 Å². The molecule has 7 heteroatoms. The number of thioether (sulfide) groups is 1. The van der Waals surface area contributed by atoms with Gasteiger partial charge in [-0.3, -0.25) is 9.78 Å². The molecular formula is C20H23N5OS. The number of carbonyl (C=O) groups excluding carboxylic acids is 1. The Balaban J connectivity index is 1.69. The van der Waals surface area contributed by atoms with Crippen molar-refractivity contribution >= 4 is 23.4 Å². The van der Waals surface area contributed by atoms with Crippen LogP contribution in [0.15, 0.2) is 53.9 Å². The van der Waals surface area contributed by atoms with Crippen LogP contribution < -0.4 is 5.32 Å². The Hall–Kier alpha value is -2.67. The molecule has 2 heterocycles. The lowest BCUT2D eigenvalue weighted by Gasteiger charge is -2.13. The quantitative estimate of drug-likeness (QED) is 0.621. The first-order valence-corrected chi connectivity index (χ1v) is 9.93. The van der Waals surface area contributed by atoms with E-state index in [1.165, 1.54) is 11.8 Å². The second kappa shape index (κ2) is 8.81. The molecule has 27 heavy (non-hydrogen) atoms. The van der Waals surface area contributed by atoms with Crippen LogP contribution >= 0.6 is 11.8 Å². The lowest BCUT2D eigenvalue weighted by atomic mass is 10.0. The van der Waals surface area contributed by atoms with Gasteiger partial charge in [0, 0.05) is 30.2 Å².